The van der Waals surface area contributed by atoms with Gasteiger partial charge in [0.05, 0.1) is 22.1 Å². The smallest absolute Gasteiger partial charge is 0.0714 e. The van der Waals surface area contributed by atoms with Crippen LogP contribution in [0.5, 0.6) is 0 Å². The lowest BCUT2D eigenvalue weighted by Crippen LogP contribution is -2.28. The molecule has 0 fully saturated rings. The van der Waals surface area contributed by atoms with Crippen molar-refractivity contribution in [3.8, 4) is 27.9 Å². The molecule has 0 radical (unpaired) electrons. The normalized spacial score (nSPS) is 12.7. The Kier molecular flexibility index (Phi) is 8.47. The van der Waals surface area contributed by atoms with E-state index in [0.29, 0.717) is 0 Å². The summed E-state index contributed by atoms with van der Waals surface area (Å²) in [4.78, 5) is 2.47. The van der Waals surface area contributed by atoms with Gasteiger partial charge >= 0.3 is 0 Å². The minimum Gasteiger partial charge on any atom is -0.310 e. The second-order valence-corrected chi connectivity index (χ2v) is 17.2. The summed E-state index contributed by atoms with van der Waals surface area (Å²) in [6.07, 6.45) is 0. The molecule has 65 heavy (non-hydrogen) atoms. The van der Waals surface area contributed by atoms with E-state index in [0.717, 1.165) is 22.7 Å². The van der Waals surface area contributed by atoms with Gasteiger partial charge in [-0.1, -0.05) is 206 Å². The number of nitrogens with zero attached hydrogens (tertiary/aromatic N) is 2. The molecule has 304 valence electrons. The predicted molar refractivity (Wildman–Crippen MR) is 273 cm³/mol. The van der Waals surface area contributed by atoms with Gasteiger partial charge in [-0.15, -0.1) is 0 Å². The third-order valence-corrected chi connectivity index (χ3v) is 13.8. The Labute approximate surface area is 378 Å². The number of hydrogen-bond acceptors (Lipinski definition) is 1. The molecule has 1 aliphatic carbocycles. The molecular weight excluding hydrogens is 785 g/mol. The molecule has 11 aromatic carbocycles. The Morgan fingerprint density at radius 1 is 0.354 bits per heavy atom. The molecule has 13 rings (SSSR count). The second-order valence-electron chi connectivity index (χ2n) is 17.2. The van der Waals surface area contributed by atoms with Crippen molar-refractivity contribution >= 4 is 60.4 Å². The summed E-state index contributed by atoms with van der Waals surface area (Å²) in [5.74, 6) is 0. The Bertz CT molecular complexity index is 3720. The van der Waals surface area contributed by atoms with E-state index < -0.39 is 5.41 Å². The van der Waals surface area contributed by atoms with Crippen LogP contribution in [0, 0.1) is 0 Å². The second kappa shape index (κ2) is 14.8. The number of aromatic nitrogens is 1. The first-order chi connectivity index (χ1) is 32.3. The number of hydrogen-bond donors (Lipinski definition) is 0. The van der Waals surface area contributed by atoms with Crippen LogP contribution in [0.15, 0.2) is 255 Å². The van der Waals surface area contributed by atoms with E-state index in [1.54, 1.807) is 0 Å². The molecule has 0 saturated carbocycles. The molecule has 0 amide bonds. The Hall–Kier alpha value is -8.46. The molecule has 0 N–H and O–H groups in total. The van der Waals surface area contributed by atoms with Crippen molar-refractivity contribution in [3.63, 3.8) is 0 Å². The van der Waals surface area contributed by atoms with Gasteiger partial charge < -0.3 is 9.47 Å². The molecule has 1 aliphatic rings. The highest BCUT2D eigenvalue weighted by Gasteiger charge is 2.47. The highest BCUT2D eigenvalue weighted by molar-refractivity contribution is 6.19. The standard InChI is InChI=1S/C63H42N2/c1-4-20-48(21-5-1)63(49-22-6-2-7-23-49)57-28-15-14-27-56(57)61-58(63)29-16-30-59(61)64(52-38-33-43-17-10-11-19-46(43)41-52)51-36-31-44(32-37-51)47-35-39-54-55-40-34-45-18-12-13-26-53(45)62(55)65(60(54)42-47)50-24-8-3-9-25-50/h1-42H. The molecule has 0 atom stereocenters. The minimum absolute atomic E-state index is 0.503. The maximum Gasteiger partial charge on any atom is 0.0714 e. The molecule has 12 aromatic rings. The molecule has 0 aliphatic heterocycles. The largest absolute Gasteiger partial charge is 0.310 e. The van der Waals surface area contributed by atoms with Crippen LogP contribution in [0.2, 0.25) is 0 Å². The van der Waals surface area contributed by atoms with E-state index in [1.807, 2.05) is 0 Å². The van der Waals surface area contributed by atoms with E-state index in [9.17, 15) is 0 Å². The first-order valence-electron chi connectivity index (χ1n) is 22.5. The van der Waals surface area contributed by atoms with Crippen LogP contribution in [0.3, 0.4) is 0 Å². The van der Waals surface area contributed by atoms with Gasteiger partial charge in [0.1, 0.15) is 0 Å². The van der Waals surface area contributed by atoms with Crippen molar-refractivity contribution < 1.29 is 0 Å². The molecular formula is C63H42N2. The fourth-order valence-electron chi connectivity index (χ4n) is 11.0. The highest BCUT2D eigenvalue weighted by Crippen LogP contribution is 2.59. The summed E-state index contributed by atoms with van der Waals surface area (Å²) >= 11 is 0. The fourth-order valence-corrected chi connectivity index (χ4v) is 11.0. The summed E-state index contributed by atoms with van der Waals surface area (Å²) in [6, 6.07) is 93.9. The highest BCUT2D eigenvalue weighted by atomic mass is 15.1. The average Bonchev–Trinajstić information content (AvgIpc) is 3.89. The fraction of sp³-hybridized carbons (Fsp3) is 0.0159. The van der Waals surface area contributed by atoms with Crippen LogP contribution in [-0.4, -0.2) is 4.57 Å². The van der Waals surface area contributed by atoms with Crippen molar-refractivity contribution in [1.82, 2.24) is 4.57 Å². The third-order valence-electron chi connectivity index (χ3n) is 13.8. The van der Waals surface area contributed by atoms with Gasteiger partial charge in [-0.2, -0.15) is 0 Å². The van der Waals surface area contributed by atoms with Crippen LogP contribution >= 0.6 is 0 Å². The maximum absolute atomic E-state index is 2.47. The molecule has 1 heterocycles. The number of para-hydroxylation sites is 1. The van der Waals surface area contributed by atoms with E-state index in [-0.39, 0.29) is 0 Å². The molecule has 0 bridgehead atoms. The van der Waals surface area contributed by atoms with Crippen LogP contribution in [0.25, 0.3) is 71.3 Å². The summed E-state index contributed by atoms with van der Waals surface area (Å²) in [5, 5.41) is 7.43. The zero-order valence-electron chi connectivity index (χ0n) is 35.6. The molecule has 2 nitrogen and oxygen atoms in total. The Morgan fingerprint density at radius 2 is 0.938 bits per heavy atom. The maximum atomic E-state index is 2.47. The van der Waals surface area contributed by atoms with E-state index in [4.69, 9.17) is 0 Å². The van der Waals surface area contributed by atoms with E-state index in [1.165, 1.54) is 87.9 Å². The summed E-state index contributed by atoms with van der Waals surface area (Å²) in [7, 11) is 0. The molecule has 0 saturated heterocycles. The van der Waals surface area contributed by atoms with Gasteiger partial charge in [0.2, 0.25) is 0 Å². The minimum atomic E-state index is -0.503. The summed E-state index contributed by atoms with van der Waals surface area (Å²) in [5.41, 5.74) is 16.4. The predicted octanol–water partition coefficient (Wildman–Crippen LogP) is 16.6. The molecule has 1 aromatic heterocycles. The molecule has 0 unspecified atom stereocenters. The molecule has 0 spiro atoms. The first-order valence-corrected chi connectivity index (χ1v) is 22.5. The lowest BCUT2D eigenvalue weighted by Gasteiger charge is -2.34. The van der Waals surface area contributed by atoms with Crippen LogP contribution in [0.4, 0.5) is 17.1 Å². The number of fused-ring (bicyclic) bond motifs is 9. The number of anilines is 3. The van der Waals surface area contributed by atoms with Crippen LogP contribution in [0.1, 0.15) is 22.3 Å². The van der Waals surface area contributed by atoms with Gasteiger partial charge in [0.25, 0.3) is 0 Å². The van der Waals surface area contributed by atoms with Gasteiger partial charge in [-0.25, -0.2) is 0 Å². The van der Waals surface area contributed by atoms with Crippen molar-refractivity contribution in [2.75, 3.05) is 4.90 Å². The lowest BCUT2D eigenvalue weighted by atomic mass is 9.68. The van der Waals surface area contributed by atoms with Crippen molar-refractivity contribution in [2.24, 2.45) is 0 Å². The zero-order chi connectivity index (χ0) is 42.9. The number of rotatable bonds is 7. The van der Waals surface area contributed by atoms with Crippen molar-refractivity contribution in [2.45, 2.75) is 5.41 Å². The van der Waals surface area contributed by atoms with Gasteiger partial charge in [0, 0.05) is 38.8 Å². The number of benzene rings is 11. The van der Waals surface area contributed by atoms with Crippen LogP contribution in [-0.2, 0) is 5.41 Å². The van der Waals surface area contributed by atoms with Crippen molar-refractivity contribution in [1.29, 1.82) is 0 Å². The topological polar surface area (TPSA) is 8.17 Å². The van der Waals surface area contributed by atoms with Gasteiger partial charge in [0.15, 0.2) is 0 Å². The lowest BCUT2D eigenvalue weighted by molar-refractivity contribution is 0.768. The molecule has 2 heteroatoms. The summed E-state index contributed by atoms with van der Waals surface area (Å²) in [6.45, 7) is 0. The summed E-state index contributed by atoms with van der Waals surface area (Å²) < 4.78 is 2.45. The van der Waals surface area contributed by atoms with Gasteiger partial charge in [-0.05, 0) is 104 Å². The monoisotopic (exact) mass is 826 g/mol. The van der Waals surface area contributed by atoms with Crippen LogP contribution < -0.4 is 4.90 Å². The van der Waals surface area contributed by atoms with E-state index in [2.05, 4.69) is 264 Å². The zero-order valence-corrected chi connectivity index (χ0v) is 35.6. The van der Waals surface area contributed by atoms with Gasteiger partial charge in [-0.3, -0.25) is 0 Å². The van der Waals surface area contributed by atoms with Crippen molar-refractivity contribution in [3.05, 3.63) is 277 Å². The Balaban J connectivity index is 1.01. The van der Waals surface area contributed by atoms with E-state index >= 15 is 0 Å². The quantitative estimate of drug-likeness (QED) is 0.155. The third kappa shape index (κ3) is 5.67. The Morgan fingerprint density at radius 3 is 1.71 bits per heavy atom. The SMILES string of the molecule is c1ccc(-n2c3cc(-c4ccc(N(c5ccc6ccccc6c5)c5cccc6c5-c5ccccc5C6(c5ccccc5)c5ccccc5)cc4)ccc3c3ccc4ccccc4c32)cc1. The first kappa shape index (κ1) is 37.1. The average molecular weight is 827 g/mol.